The van der Waals surface area contributed by atoms with E-state index >= 15 is 0 Å². The molecule has 2 N–H and O–H groups in total. The third kappa shape index (κ3) is 4.44. The van der Waals surface area contributed by atoms with E-state index in [9.17, 15) is 14.7 Å². The lowest BCUT2D eigenvalue weighted by Crippen LogP contribution is -2.57. The molecule has 0 bridgehead atoms. The normalized spacial score (nSPS) is 24.9. The van der Waals surface area contributed by atoms with Gasteiger partial charge in [-0.05, 0) is 57.2 Å². The van der Waals surface area contributed by atoms with Crippen LogP contribution in [0.15, 0.2) is 29.2 Å². The van der Waals surface area contributed by atoms with Crippen molar-refractivity contribution in [2.24, 2.45) is 5.92 Å². The Morgan fingerprint density at radius 3 is 2.58 bits per heavy atom. The predicted molar refractivity (Wildman–Crippen MR) is 94.5 cm³/mol. The summed E-state index contributed by atoms with van der Waals surface area (Å²) in [6, 6.07) is 7.54. The first-order valence-corrected chi connectivity index (χ1v) is 9.44. The molecule has 1 fully saturated rings. The third-order valence-electron chi connectivity index (χ3n) is 4.66. The highest BCUT2D eigenvalue weighted by atomic mass is 32.2. The zero-order chi connectivity index (χ0) is 17.7. The molecule has 5 nitrogen and oxygen atoms in total. The third-order valence-corrected chi connectivity index (χ3v) is 5.40. The van der Waals surface area contributed by atoms with Crippen molar-refractivity contribution >= 4 is 23.6 Å². The molecule has 3 unspecified atom stereocenters. The smallest absolute Gasteiger partial charge is 0.308 e. The number of carboxylic acid groups (broad SMARTS) is 1. The molecule has 1 aromatic rings. The van der Waals surface area contributed by atoms with E-state index < -0.39 is 23.5 Å². The van der Waals surface area contributed by atoms with E-state index in [1.54, 1.807) is 18.7 Å². The number of carbonyl (C=O) groups is 2. The molecule has 1 amide bonds. The van der Waals surface area contributed by atoms with Crippen LogP contribution in [0.2, 0.25) is 0 Å². The average molecular weight is 351 g/mol. The number of nitrogens with one attached hydrogen (secondary N) is 1. The number of benzene rings is 1. The first-order valence-electron chi connectivity index (χ1n) is 8.21. The summed E-state index contributed by atoms with van der Waals surface area (Å²) in [5, 5.41) is 12.3. The molecule has 6 heteroatoms. The maximum atomic E-state index is 12.5. The van der Waals surface area contributed by atoms with Crippen molar-refractivity contribution in [2.45, 2.75) is 56.1 Å². The number of carbonyl (C=O) groups excluding carboxylic acids is 1. The van der Waals surface area contributed by atoms with Gasteiger partial charge < -0.3 is 15.2 Å². The van der Waals surface area contributed by atoms with Crippen molar-refractivity contribution < 1.29 is 19.4 Å². The van der Waals surface area contributed by atoms with Gasteiger partial charge in [0.2, 0.25) is 0 Å². The molecule has 0 spiro atoms. The summed E-state index contributed by atoms with van der Waals surface area (Å²) in [5.74, 6) is -1.05. The summed E-state index contributed by atoms with van der Waals surface area (Å²) in [7, 11) is 0. The maximum absolute atomic E-state index is 12.5. The van der Waals surface area contributed by atoms with E-state index in [-0.39, 0.29) is 5.91 Å². The van der Waals surface area contributed by atoms with Crippen molar-refractivity contribution in [3.8, 4) is 5.75 Å². The van der Waals surface area contributed by atoms with Crippen molar-refractivity contribution in [3.63, 3.8) is 0 Å². The lowest BCUT2D eigenvalue weighted by Gasteiger charge is -2.40. The fourth-order valence-corrected chi connectivity index (χ4v) is 3.58. The van der Waals surface area contributed by atoms with Crippen LogP contribution in [-0.4, -0.2) is 34.9 Å². The molecule has 0 aromatic heterocycles. The van der Waals surface area contributed by atoms with Crippen LogP contribution in [0.1, 0.15) is 39.5 Å². The van der Waals surface area contributed by atoms with Gasteiger partial charge in [0.1, 0.15) is 5.75 Å². The number of hydrogen-bond donors (Lipinski definition) is 2. The van der Waals surface area contributed by atoms with Crippen LogP contribution in [0.4, 0.5) is 0 Å². The van der Waals surface area contributed by atoms with E-state index in [4.69, 9.17) is 4.74 Å². The highest BCUT2D eigenvalue weighted by Gasteiger charge is 2.42. The molecular weight excluding hydrogens is 326 g/mol. The lowest BCUT2D eigenvalue weighted by atomic mass is 9.74. The van der Waals surface area contributed by atoms with E-state index in [0.29, 0.717) is 18.6 Å². The summed E-state index contributed by atoms with van der Waals surface area (Å²) in [5.41, 5.74) is -0.721. The molecule has 1 saturated carbocycles. The maximum Gasteiger partial charge on any atom is 0.308 e. The summed E-state index contributed by atoms with van der Waals surface area (Å²) in [6.07, 6.45) is 4.39. The highest BCUT2D eigenvalue weighted by Crippen LogP contribution is 2.34. The van der Waals surface area contributed by atoms with E-state index in [0.717, 1.165) is 17.7 Å². The average Bonchev–Trinajstić information content (AvgIpc) is 2.55. The summed E-state index contributed by atoms with van der Waals surface area (Å²) < 4.78 is 5.69. The number of amides is 1. The summed E-state index contributed by atoms with van der Waals surface area (Å²) in [6.45, 7) is 3.50. The van der Waals surface area contributed by atoms with Gasteiger partial charge in [-0.1, -0.05) is 12.8 Å². The monoisotopic (exact) mass is 351 g/mol. The van der Waals surface area contributed by atoms with Gasteiger partial charge in [-0.25, -0.2) is 0 Å². The zero-order valence-corrected chi connectivity index (χ0v) is 15.2. The Bertz CT molecular complexity index is 589. The van der Waals surface area contributed by atoms with Gasteiger partial charge >= 0.3 is 5.97 Å². The van der Waals surface area contributed by atoms with Gasteiger partial charge in [0.05, 0.1) is 11.5 Å². The van der Waals surface area contributed by atoms with Gasteiger partial charge in [0.15, 0.2) is 6.10 Å². The van der Waals surface area contributed by atoms with Crippen LogP contribution >= 0.6 is 11.8 Å². The first-order chi connectivity index (χ1) is 11.4. The number of rotatable bonds is 6. The number of ether oxygens (including phenoxy) is 1. The second-order valence-corrected chi connectivity index (χ2v) is 7.36. The fourth-order valence-electron chi connectivity index (χ4n) is 3.17. The summed E-state index contributed by atoms with van der Waals surface area (Å²) in [4.78, 5) is 25.1. The SMILES string of the molecule is CSc1ccc(OC(C)C(=O)NC2(C)CCCCC2C(=O)O)cc1. The van der Waals surface area contributed by atoms with Crippen LogP contribution < -0.4 is 10.1 Å². The minimum atomic E-state index is -0.848. The lowest BCUT2D eigenvalue weighted by molar-refractivity contribution is -0.147. The molecule has 132 valence electrons. The van der Waals surface area contributed by atoms with Crippen molar-refractivity contribution in [1.82, 2.24) is 5.32 Å². The molecule has 0 radical (unpaired) electrons. The van der Waals surface area contributed by atoms with E-state index in [1.165, 1.54) is 0 Å². The quantitative estimate of drug-likeness (QED) is 0.769. The minimum absolute atomic E-state index is 0.278. The van der Waals surface area contributed by atoms with Gasteiger partial charge in [-0.2, -0.15) is 0 Å². The standard InChI is InChI=1S/C18H25NO4S/c1-12(23-13-7-9-14(24-3)10-8-13)16(20)19-18(2)11-5-4-6-15(18)17(21)22/h7-10,12,15H,4-6,11H2,1-3H3,(H,19,20)(H,21,22). The minimum Gasteiger partial charge on any atom is -0.481 e. The van der Waals surface area contributed by atoms with Crippen LogP contribution in [-0.2, 0) is 9.59 Å². The molecule has 0 aliphatic heterocycles. The Kier molecular flexibility index (Phi) is 6.15. The topological polar surface area (TPSA) is 75.6 Å². The number of carboxylic acids is 1. The molecule has 0 saturated heterocycles. The predicted octanol–water partition coefficient (Wildman–Crippen LogP) is 3.33. The molecular formula is C18H25NO4S. The molecule has 1 aliphatic rings. The molecule has 0 heterocycles. The van der Waals surface area contributed by atoms with E-state index in [2.05, 4.69) is 5.32 Å². The van der Waals surface area contributed by atoms with Crippen LogP contribution in [0, 0.1) is 5.92 Å². The summed E-state index contributed by atoms with van der Waals surface area (Å²) >= 11 is 1.64. The molecule has 3 atom stereocenters. The number of thioether (sulfide) groups is 1. The number of hydrogen-bond acceptors (Lipinski definition) is 4. The van der Waals surface area contributed by atoms with Gasteiger partial charge in [-0.3, -0.25) is 9.59 Å². The number of aliphatic carboxylic acids is 1. The van der Waals surface area contributed by atoms with Gasteiger partial charge in [0.25, 0.3) is 5.91 Å². The Labute approximate surface area is 147 Å². The van der Waals surface area contributed by atoms with Gasteiger partial charge in [-0.15, -0.1) is 11.8 Å². The Balaban J connectivity index is 2.00. The highest BCUT2D eigenvalue weighted by molar-refractivity contribution is 7.98. The largest absolute Gasteiger partial charge is 0.481 e. The molecule has 1 aliphatic carbocycles. The van der Waals surface area contributed by atoms with Crippen molar-refractivity contribution in [3.05, 3.63) is 24.3 Å². The van der Waals surface area contributed by atoms with Gasteiger partial charge in [0, 0.05) is 4.90 Å². The van der Waals surface area contributed by atoms with Crippen LogP contribution in [0.25, 0.3) is 0 Å². The Hall–Kier alpha value is -1.69. The second-order valence-electron chi connectivity index (χ2n) is 6.48. The Morgan fingerprint density at radius 1 is 1.33 bits per heavy atom. The van der Waals surface area contributed by atoms with Crippen LogP contribution in [0.5, 0.6) is 5.75 Å². The fraction of sp³-hybridized carbons (Fsp3) is 0.556. The molecule has 1 aromatic carbocycles. The van der Waals surface area contributed by atoms with Crippen LogP contribution in [0.3, 0.4) is 0 Å². The molecule has 2 rings (SSSR count). The first kappa shape index (κ1) is 18.6. The van der Waals surface area contributed by atoms with E-state index in [1.807, 2.05) is 37.4 Å². The Morgan fingerprint density at radius 2 is 2.00 bits per heavy atom. The second kappa shape index (κ2) is 7.92. The molecule has 24 heavy (non-hydrogen) atoms. The van der Waals surface area contributed by atoms with Crippen molar-refractivity contribution in [2.75, 3.05) is 6.26 Å². The van der Waals surface area contributed by atoms with Crippen molar-refractivity contribution in [1.29, 1.82) is 0 Å². The zero-order valence-electron chi connectivity index (χ0n) is 14.4.